The Morgan fingerprint density at radius 3 is 2.48 bits per heavy atom. The molecule has 1 saturated heterocycles. The van der Waals surface area contributed by atoms with Gasteiger partial charge in [-0.1, -0.05) is 0 Å². The lowest BCUT2D eigenvalue weighted by Gasteiger charge is -2.33. The molecule has 1 aliphatic rings. The molecule has 8 nitrogen and oxygen atoms in total. The van der Waals surface area contributed by atoms with Crippen LogP contribution < -0.4 is 0 Å². The highest BCUT2D eigenvalue weighted by Gasteiger charge is 2.36. The third-order valence-electron chi connectivity index (χ3n) is 3.64. The van der Waals surface area contributed by atoms with Gasteiger partial charge < -0.3 is 10.1 Å². The minimum Gasteiger partial charge on any atom is -0.358 e. The minimum atomic E-state index is -3.72. The van der Waals surface area contributed by atoms with Crippen molar-refractivity contribution in [2.45, 2.75) is 24.7 Å². The van der Waals surface area contributed by atoms with Crippen LogP contribution in [-0.2, 0) is 10.0 Å². The third-order valence-corrected chi connectivity index (χ3v) is 5.52. The Bertz CT molecular complexity index is 685. The van der Waals surface area contributed by atoms with E-state index in [1.807, 2.05) is 6.92 Å². The van der Waals surface area contributed by atoms with Gasteiger partial charge in [0, 0.05) is 19.2 Å². The van der Waals surface area contributed by atoms with Gasteiger partial charge >= 0.3 is 5.82 Å². The van der Waals surface area contributed by atoms with Gasteiger partial charge in [-0.15, -0.1) is 0 Å². The fraction of sp³-hybridized carbons (Fsp3) is 0.500. The van der Waals surface area contributed by atoms with Crippen LogP contribution in [0.2, 0.25) is 0 Å². The number of hydrogen-bond acceptors (Lipinski definition) is 6. The second kappa shape index (κ2) is 5.38. The molecule has 0 atom stereocenters. The summed E-state index contributed by atoms with van der Waals surface area (Å²) in [6.07, 6.45) is 1.91. The Morgan fingerprint density at radius 2 is 2.05 bits per heavy atom. The molecule has 1 aromatic heterocycles. The van der Waals surface area contributed by atoms with Crippen LogP contribution in [-0.4, -0.2) is 35.7 Å². The first kappa shape index (κ1) is 15.3. The third kappa shape index (κ3) is 3.01. The van der Waals surface area contributed by atoms with Crippen molar-refractivity contribution < 1.29 is 13.3 Å². The summed E-state index contributed by atoms with van der Waals surface area (Å²) in [7, 11) is -3.72. The molecule has 0 radical (unpaired) electrons. The van der Waals surface area contributed by atoms with Crippen LogP contribution in [0.25, 0.3) is 0 Å². The van der Waals surface area contributed by atoms with E-state index in [0.717, 1.165) is 12.3 Å². The number of nitrogens with zero attached hydrogens (tertiary/aromatic N) is 4. The van der Waals surface area contributed by atoms with E-state index in [9.17, 15) is 18.5 Å². The highest BCUT2D eigenvalue weighted by atomic mass is 32.2. The molecular weight excluding hydrogens is 296 g/mol. The highest BCUT2D eigenvalue weighted by molar-refractivity contribution is 7.89. The maximum atomic E-state index is 12.4. The van der Waals surface area contributed by atoms with Crippen LogP contribution >= 0.6 is 0 Å². The standard InChI is InChI=1S/C12H14N4O4S/c1-12(9-13)4-6-15(7-5-12)21(19,20)10-2-3-11(14-8-10)16(17)18/h2-3,8H,4-7H2,1H3. The highest BCUT2D eigenvalue weighted by Crippen LogP contribution is 2.32. The number of sulfonamides is 1. The molecule has 1 fully saturated rings. The van der Waals surface area contributed by atoms with Crippen molar-refractivity contribution in [1.82, 2.24) is 9.29 Å². The van der Waals surface area contributed by atoms with E-state index in [-0.39, 0.29) is 18.0 Å². The van der Waals surface area contributed by atoms with Gasteiger partial charge in [-0.3, -0.25) is 0 Å². The Kier molecular flexibility index (Phi) is 3.93. The molecule has 0 aliphatic carbocycles. The summed E-state index contributed by atoms with van der Waals surface area (Å²) < 4.78 is 26.1. The van der Waals surface area contributed by atoms with Gasteiger partial charge in [0.1, 0.15) is 4.90 Å². The van der Waals surface area contributed by atoms with Crippen LogP contribution in [0.5, 0.6) is 0 Å². The summed E-state index contributed by atoms with van der Waals surface area (Å²) >= 11 is 0. The van der Waals surface area contributed by atoms with Gasteiger partial charge in [-0.05, 0) is 35.7 Å². The monoisotopic (exact) mass is 310 g/mol. The van der Waals surface area contributed by atoms with Crippen molar-refractivity contribution in [3.8, 4) is 6.07 Å². The molecule has 0 bridgehead atoms. The predicted molar refractivity (Wildman–Crippen MR) is 72.6 cm³/mol. The molecular formula is C12H14N4O4S. The quantitative estimate of drug-likeness (QED) is 0.613. The summed E-state index contributed by atoms with van der Waals surface area (Å²) in [6, 6.07) is 4.45. The van der Waals surface area contributed by atoms with E-state index in [1.54, 1.807) is 0 Å². The number of piperidine rings is 1. The summed E-state index contributed by atoms with van der Waals surface area (Å²) in [5, 5.41) is 19.6. The van der Waals surface area contributed by atoms with E-state index >= 15 is 0 Å². The Morgan fingerprint density at radius 1 is 1.43 bits per heavy atom. The topological polar surface area (TPSA) is 117 Å². The van der Waals surface area contributed by atoms with E-state index in [1.165, 1.54) is 10.4 Å². The first-order valence-corrected chi connectivity index (χ1v) is 7.74. The Labute approximate surface area is 122 Å². The lowest BCUT2D eigenvalue weighted by atomic mass is 9.83. The molecule has 2 rings (SSSR count). The number of hydrogen-bond donors (Lipinski definition) is 0. The lowest BCUT2D eigenvalue weighted by molar-refractivity contribution is -0.389. The molecule has 0 spiro atoms. The molecule has 0 N–H and O–H groups in total. The second-order valence-corrected chi connectivity index (χ2v) is 7.12. The smallest absolute Gasteiger partial charge is 0.358 e. The minimum absolute atomic E-state index is 0.0753. The maximum absolute atomic E-state index is 12.4. The van der Waals surface area contributed by atoms with Crippen molar-refractivity contribution in [3.63, 3.8) is 0 Å². The van der Waals surface area contributed by atoms with Crippen LogP contribution in [0, 0.1) is 26.9 Å². The van der Waals surface area contributed by atoms with Crippen molar-refractivity contribution >= 4 is 15.8 Å². The summed E-state index contributed by atoms with van der Waals surface area (Å²) in [6.45, 7) is 2.32. The van der Waals surface area contributed by atoms with Crippen LogP contribution in [0.3, 0.4) is 0 Å². The number of pyridine rings is 1. The molecule has 0 amide bonds. The molecule has 21 heavy (non-hydrogen) atoms. The molecule has 0 unspecified atom stereocenters. The second-order valence-electron chi connectivity index (χ2n) is 5.19. The predicted octanol–water partition coefficient (Wildman–Crippen LogP) is 1.30. The van der Waals surface area contributed by atoms with Gasteiger partial charge in [0.2, 0.25) is 10.0 Å². The van der Waals surface area contributed by atoms with Gasteiger partial charge in [0.25, 0.3) is 0 Å². The molecule has 112 valence electrons. The zero-order valence-electron chi connectivity index (χ0n) is 11.4. The SMILES string of the molecule is CC1(C#N)CCN(S(=O)(=O)c2ccc([N+](=O)[O-])nc2)CC1. The number of aromatic nitrogens is 1. The fourth-order valence-corrected chi connectivity index (χ4v) is 3.50. The van der Waals surface area contributed by atoms with Crippen molar-refractivity contribution in [3.05, 3.63) is 28.4 Å². The molecule has 9 heteroatoms. The summed E-state index contributed by atoms with van der Waals surface area (Å²) in [5.41, 5.74) is -0.500. The molecule has 1 aromatic rings. The number of nitriles is 1. The molecule has 0 saturated carbocycles. The van der Waals surface area contributed by atoms with E-state index in [2.05, 4.69) is 11.1 Å². The number of nitro groups is 1. The van der Waals surface area contributed by atoms with Gasteiger partial charge in [-0.25, -0.2) is 8.42 Å². The largest absolute Gasteiger partial charge is 0.363 e. The van der Waals surface area contributed by atoms with Gasteiger partial charge in [0.15, 0.2) is 6.20 Å². The summed E-state index contributed by atoms with van der Waals surface area (Å²) in [4.78, 5) is 13.3. The first-order chi connectivity index (χ1) is 9.78. The van der Waals surface area contributed by atoms with E-state index in [4.69, 9.17) is 5.26 Å². The zero-order chi connectivity index (χ0) is 15.7. The van der Waals surface area contributed by atoms with Crippen LogP contribution in [0.4, 0.5) is 5.82 Å². The van der Waals surface area contributed by atoms with E-state index < -0.39 is 26.2 Å². The van der Waals surface area contributed by atoms with E-state index in [0.29, 0.717) is 12.8 Å². The average Bonchev–Trinajstić information content (AvgIpc) is 2.48. The zero-order valence-corrected chi connectivity index (χ0v) is 12.2. The Balaban J connectivity index is 2.20. The Hall–Kier alpha value is -2.05. The summed E-state index contributed by atoms with van der Waals surface area (Å²) in [5.74, 6) is -0.398. The van der Waals surface area contributed by atoms with Crippen molar-refractivity contribution in [2.24, 2.45) is 5.41 Å². The molecule has 2 heterocycles. The van der Waals surface area contributed by atoms with Crippen LogP contribution in [0.1, 0.15) is 19.8 Å². The average molecular weight is 310 g/mol. The fourth-order valence-electron chi connectivity index (χ4n) is 2.11. The maximum Gasteiger partial charge on any atom is 0.363 e. The van der Waals surface area contributed by atoms with Gasteiger partial charge in [0.05, 0.1) is 11.5 Å². The molecule has 1 aliphatic heterocycles. The number of rotatable bonds is 3. The van der Waals surface area contributed by atoms with Crippen molar-refractivity contribution in [1.29, 1.82) is 5.26 Å². The first-order valence-electron chi connectivity index (χ1n) is 6.30. The lowest BCUT2D eigenvalue weighted by Crippen LogP contribution is -2.41. The normalized spacial score (nSPS) is 18.9. The van der Waals surface area contributed by atoms with Crippen LogP contribution in [0.15, 0.2) is 23.2 Å². The van der Waals surface area contributed by atoms with Crippen molar-refractivity contribution in [2.75, 3.05) is 13.1 Å². The van der Waals surface area contributed by atoms with Gasteiger partial charge in [-0.2, -0.15) is 9.57 Å². The molecule has 0 aromatic carbocycles.